The SMILES string of the molecule is C=C(NCc1cccnc1)[C@@H]1C(=O)NC(=O)N(c2ccc(Cl)cc2)C1=O. The lowest BCUT2D eigenvalue weighted by Gasteiger charge is -2.31. The molecule has 4 amide bonds. The zero-order valence-corrected chi connectivity index (χ0v) is 14.4. The van der Waals surface area contributed by atoms with Gasteiger partial charge in [-0.15, -0.1) is 0 Å². The standard InChI is InChI=1S/C18H15ClN4O3/c1-11(21-10-12-3-2-8-20-9-12)15-16(24)22-18(26)23(17(15)25)14-6-4-13(19)5-7-14/h2-9,15,21H,1,10H2,(H,22,24,26)/t15-/m1/s1. The van der Waals surface area contributed by atoms with E-state index in [4.69, 9.17) is 11.6 Å². The predicted octanol–water partition coefficient (Wildman–Crippen LogP) is 2.24. The highest BCUT2D eigenvalue weighted by atomic mass is 35.5. The molecule has 0 radical (unpaired) electrons. The average Bonchev–Trinajstić information content (AvgIpc) is 2.62. The third-order valence-electron chi connectivity index (χ3n) is 3.84. The van der Waals surface area contributed by atoms with Gasteiger partial charge in [0, 0.05) is 29.7 Å². The second-order valence-corrected chi connectivity index (χ2v) is 6.05. The van der Waals surface area contributed by atoms with Gasteiger partial charge in [-0.1, -0.05) is 24.2 Å². The number of hydrogen-bond acceptors (Lipinski definition) is 5. The molecule has 1 aromatic carbocycles. The Balaban J connectivity index is 1.78. The Bertz CT molecular complexity index is 868. The van der Waals surface area contributed by atoms with E-state index in [9.17, 15) is 14.4 Å². The molecule has 7 nitrogen and oxygen atoms in total. The van der Waals surface area contributed by atoms with Gasteiger partial charge in [0.25, 0.3) is 5.91 Å². The number of rotatable bonds is 5. The van der Waals surface area contributed by atoms with Gasteiger partial charge in [0.15, 0.2) is 5.92 Å². The van der Waals surface area contributed by atoms with E-state index in [1.54, 1.807) is 30.6 Å². The highest BCUT2D eigenvalue weighted by molar-refractivity contribution is 6.31. The molecule has 0 unspecified atom stereocenters. The second kappa shape index (κ2) is 7.37. The van der Waals surface area contributed by atoms with Crippen LogP contribution in [-0.2, 0) is 16.1 Å². The van der Waals surface area contributed by atoms with Crippen LogP contribution in [0.3, 0.4) is 0 Å². The highest BCUT2D eigenvalue weighted by Crippen LogP contribution is 2.24. The van der Waals surface area contributed by atoms with Gasteiger partial charge < -0.3 is 5.32 Å². The number of barbiturate groups is 1. The number of halogens is 1. The Kier molecular flexibility index (Phi) is 4.99. The molecule has 0 saturated carbocycles. The third-order valence-corrected chi connectivity index (χ3v) is 4.09. The summed E-state index contributed by atoms with van der Waals surface area (Å²) >= 11 is 5.84. The van der Waals surface area contributed by atoms with Crippen molar-refractivity contribution in [2.45, 2.75) is 6.54 Å². The highest BCUT2D eigenvalue weighted by Gasteiger charge is 2.42. The predicted molar refractivity (Wildman–Crippen MR) is 96.2 cm³/mol. The molecule has 0 spiro atoms. The van der Waals surface area contributed by atoms with Gasteiger partial charge in [-0.25, -0.2) is 9.69 Å². The van der Waals surface area contributed by atoms with Crippen molar-refractivity contribution in [3.8, 4) is 0 Å². The first-order chi connectivity index (χ1) is 12.5. The molecule has 1 saturated heterocycles. The summed E-state index contributed by atoms with van der Waals surface area (Å²) in [6, 6.07) is 8.98. The van der Waals surface area contributed by atoms with E-state index in [0.29, 0.717) is 17.3 Å². The summed E-state index contributed by atoms with van der Waals surface area (Å²) in [4.78, 5) is 42.0. The van der Waals surface area contributed by atoms with Crippen molar-refractivity contribution in [1.29, 1.82) is 0 Å². The van der Waals surface area contributed by atoms with Crippen molar-refractivity contribution in [2.24, 2.45) is 5.92 Å². The molecule has 0 aliphatic carbocycles. The quantitative estimate of drug-likeness (QED) is 0.787. The van der Waals surface area contributed by atoms with Crippen LogP contribution in [-0.4, -0.2) is 22.8 Å². The largest absolute Gasteiger partial charge is 0.384 e. The fourth-order valence-corrected chi connectivity index (χ4v) is 2.66. The number of anilines is 1. The minimum Gasteiger partial charge on any atom is -0.384 e. The first kappa shape index (κ1) is 17.6. The Labute approximate surface area is 154 Å². The number of benzene rings is 1. The second-order valence-electron chi connectivity index (χ2n) is 5.62. The van der Waals surface area contributed by atoms with Crippen molar-refractivity contribution in [3.05, 3.63) is 71.7 Å². The molecule has 1 fully saturated rings. The van der Waals surface area contributed by atoms with Crippen molar-refractivity contribution >= 4 is 35.1 Å². The molecule has 0 bridgehead atoms. The lowest BCUT2D eigenvalue weighted by molar-refractivity contribution is -0.132. The van der Waals surface area contributed by atoms with Crippen molar-refractivity contribution in [2.75, 3.05) is 4.90 Å². The number of nitrogens with one attached hydrogen (secondary N) is 2. The van der Waals surface area contributed by atoms with Crippen LogP contribution < -0.4 is 15.5 Å². The monoisotopic (exact) mass is 370 g/mol. The Morgan fingerprint density at radius 3 is 2.62 bits per heavy atom. The van der Waals surface area contributed by atoms with Gasteiger partial charge in [0.1, 0.15) is 0 Å². The molecular formula is C18H15ClN4O3. The Morgan fingerprint density at radius 1 is 1.23 bits per heavy atom. The molecule has 26 heavy (non-hydrogen) atoms. The zero-order chi connectivity index (χ0) is 18.7. The number of hydrogen-bond donors (Lipinski definition) is 2. The molecule has 1 aromatic heterocycles. The van der Waals surface area contributed by atoms with E-state index in [1.807, 2.05) is 6.07 Å². The number of imide groups is 2. The molecular weight excluding hydrogens is 356 g/mol. The van der Waals surface area contributed by atoms with Crippen LogP contribution in [0.1, 0.15) is 5.56 Å². The first-order valence-corrected chi connectivity index (χ1v) is 8.11. The molecule has 8 heteroatoms. The number of aromatic nitrogens is 1. The lowest BCUT2D eigenvalue weighted by Crippen LogP contribution is -2.59. The van der Waals surface area contributed by atoms with Gasteiger partial charge >= 0.3 is 6.03 Å². The van der Waals surface area contributed by atoms with Crippen LogP contribution in [0.15, 0.2) is 61.1 Å². The van der Waals surface area contributed by atoms with Gasteiger partial charge in [0.2, 0.25) is 5.91 Å². The third kappa shape index (κ3) is 3.57. The number of pyridine rings is 1. The van der Waals surface area contributed by atoms with Gasteiger partial charge in [-0.2, -0.15) is 0 Å². The maximum atomic E-state index is 12.8. The number of amides is 4. The van der Waals surface area contributed by atoms with Crippen LogP contribution in [0.25, 0.3) is 0 Å². The summed E-state index contributed by atoms with van der Waals surface area (Å²) in [6.45, 7) is 4.14. The molecule has 1 aliphatic heterocycles. The molecule has 2 aromatic rings. The molecule has 1 atom stereocenters. The summed E-state index contributed by atoms with van der Waals surface area (Å²) < 4.78 is 0. The smallest absolute Gasteiger partial charge is 0.335 e. The summed E-state index contributed by atoms with van der Waals surface area (Å²) in [5.41, 5.74) is 1.38. The summed E-state index contributed by atoms with van der Waals surface area (Å²) in [6.07, 6.45) is 3.30. The van der Waals surface area contributed by atoms with Crippen molar-refractivity contribution < 1.29 is 14.4 Å². The number of carbonyl (C=O) groups is 3. The molecule has 132 valence electrons. The van der Waals surface area contributed by atoms with E-state index >= 15 is 0 Å². The van der Waals surface area contributed by atoms with E-state index in [0.717, 1.165) is 10.5 Å². The maximum absolute atomic E-state index is 12.8. The summed E-state index contributed by atoms with van der Waals surface area (Å²) in [5.74, 6) is -2.61. The van der Waals surface area contributed by atoms with Crippen molar-refractivity contribution in [3.63, 3.8) is 0 Å². The average molecular weight is 371 g/mol. The van der Waals surface area contributed by atoms with E-state index < -0.39 is 23.8 Å². The van der Waals surface area contributed by atoms with E-state index in [2.05, 4.69) is 22.2 Å². The minimum atomic E-state index is -1.22. The van der Waals surface area contributed by atoms with Crippen LogP contribution in [0.4, 0.5) is 10.5 Å². The number of urea groups is 1. The Hall–Kier alpha value is -3.19. The molecule has 2 N–H and O–H groups in total. The Morgan fingerprint density at radius 2 is 1.96 bits per heavy atom. The van der Waals surface area contributed by atoms with Crippen LogP contribution in [0.2, 0.25) is 5.02 Å². The van der Waals surface area contributed by atoms with Gasteiger partial charge in [-0.3, -0.25) is 19.9 Å². The molecule has 1 aliphatic rings. The van der Waals surface area contributed by atoms with Crippen molar-refractivity contribution in [1.82, 2.24) is 15.6 Å². The van der Waals surface area contributed by atoms with Crippen LogP contribution in [0, 0.1) is 5.92 Å². The summed E-state index contributed by atoms with van der Waals surface area (Å²) in [7, 11) is 0. The van der Waals surface area contributed by atoms with Gasteiger partial charge in [0.05, 0.1) is 5.69 Å². The van der Waals surface area contributed by atoms with Gasteiger partial charge in [-0.05, 0) is 35.9 Å². The summed E-state index contributed by atoms with van der Waals surface area (Å²) in [5, 5.41) is 5.60. The fourth-order valence-electron chi connectivity index (χ4n) is 2.54. The number of nitrogens with zero attached hydrogens (tertiary/aromatic N) is 2. The topological polar surface area (TPSA) is 91.4 Å². The fraction of sp³-hybridized carbons (Fsp3) is 0.111. The molecule has 2 heterocycles. The number of carbonyl (C=O) groups excluding carboxylic acids is 3. The molecule has 3 rings (SSSR count). The van der Waals surface area contributed by atoms with Crippen LogP contribution >= 0.6 is 11.6 Å². The van der Waals surface area contributed by atoms with E-state index in [-0.39, 0.29) is 5.70 Å². The van der Waals surface area contributed by atoms with E-state index in [1.165, 1.54) is 12.1 Å². The minimum absolute atomic E-state index is 0.197. The normalized spacial score (nSPS) is 17.0. The maximum Gasteiger partial charge on any atom is 0.335 e. The van der Waals surface area contributed by atoms with Crippen LogP contribution in [0.5, 0.6) is 0 Å². The lowest BCUT2D eigenvalue weighted by atomic mass is 10.0. The zero-order valence-electron chi connectivity index (χ0n) is 13.6. The first-order valence-electron chi connectivity index (χ1n) is 7.73.